The molecule has 576 valence electrons. The van der Waals surface area contributed by atoms with Crippen molar-refractivity contribution in [2.24, 2.45) is 0 Å². The van der Waals surface area contributed by atoms with Gasteiger partial charge in [-0.25, -0.2) is 8.78 Å². The Labute approximate surface area is 696 Å². The number of rotatable bonds is 16. The van der Waals surface area contributed by atoms with Crippen LogP contribution in [0.3, 0.4) is 0 Å². The fourth-order valence-electron chi connectivity index (χ4n) is 19.7. The quantitative estimate of drug-likeness (QED) is 0.0963. The molecule has 2 unspecified atom stereocenters. The van der Waals surface area contributed by atoms with Gasteiger partial charge in [0.2, 0.25) is 0 Å². The lowest BCUT2D eigenvalue weighted by Crippen LogP contribution is -2.29. The highest BCUT2D eigenvalue weighted by molar-refractivity contribution is 5.99. The Balaban J connectivity index is 0.776. The maximum atomic E-state index is 17.0. The lowest BCUT2D eigenvalue weighted by Gasteiger charge is -2.36. The maximum absolute atomic E-state index is 17.0. The molecule has 20 rings (SSSR count). The molecule has 1 spiro atoms. The number of hydrogen-bond acceptors (Lipinski definition) is 4. The summed E-state index contributed by atoms with van der Waals surface area (Å²) in [6, 6.07) is 126. The monoisotopic (exact) mass is 1540 g/mol. The smallest absolute Gasteiger partial charge is 0.128 e. The molecule has 0 bridgehead atoms. The van der Waals surface area contributed by atoms with Crippen LogP contribution in [0.2, 0.25) is 0 Å². The summed E-state index contributed by atoms with van der Waals surface area (Å²) in [4.78, 5) is 4.52. The Morgan fingerprint density at radius 1 is 0.261 bits per heavy atom. The first-order chi connectivity index (χ1) is 57.7. The first-order valence-electron chi connectivity index (χ1n) is 41.1. The van der Waals surface area contributed by atoms with Crippen molar-refractivity contribution in [2.75, 3.05) is 9.80 Å². The van der Waals surface area contributed by atoms with E-state index in [9.17, 15) is 0 Å². The van der Waals surface area contributed by atoms with Crippen molar-refractivity contribution in [1.29, 1.82) is 0 Å². The SMILES string of the molecule is C=Cc1ccc(Oc2ccc(C3(c4ccc(C(C)(C)C)cc4)c4ccccc4-c4ccc(N(c5ccc(C)c(F)c5)c5ccc6c(c5)C5(c7ccccc7-6)c6ccccc6-c6ccc(N(c7ccc(C)c(F)c7)c7ccc8c(c7)C(c7ccc(Oc9ccc(C=C)cc9)cc7)(c7ccc(C(C)(C)C)cc7)c7ccccc7-8)cc65)cc43)cc2)cc1. The molecule has 0 amide bonds. The van der Waals surface area contributed by atoms with Gasteiger partial charge in [-0.3, -0.25) is 0 Å². The summed E-state index contributed by atoms with van der Waals surface area (Å²) < 4.78 is 47.2. The van der Waals surface area contributed by atoms with E-state index in [0.29, 0.717) is 34.0 Å². The standard InChI is InChI=1S/C113H88F2N2O2/c1-11-73-31-53-87(54-32-73)118-89-57-43-79(44-58-89)111(77-39-35-75(36-40-77)109(5,6)7)99-25-17-13-21-91(99)95-61-49-81(65-103(95)111)116(85-47-29-71(3)107(114)69-85)83-51-63-97-93-23-15-19-27-101(93)113(105(97)67-83)102-28-20-16-24-94(102)98-64-52-84(68-106(98)113)117(86-48-30-72(4)108(115)70-86)82-50-62-96-92-22-14-18-26-100(92)112(104(96)66-82,78-41-37-76(38-42-78)110(8,9)10)80-45-59-90(60-46-80)119-88-55-33-74(12-2)34-56-88/h11-70H,1-2H2,3-10H3. The number of anilines is 6. The van der Waals surface area contributed by atoms with Crippen molar-refractivity contribution in [3.63, 3.8) is 0 Å². The minimum Gasteiger partial charge on any atom is -0.457 e. The molecule has 0 saturated carbocycles. The average Bonchev–Trinajstić information content (AvgIpc) is 1.50. The van der Waals surface area contributed by atoms with Gasteiger partial charge in [0.1, 0.15) is 34.6 Å². The predicted octanol–water partition coefficient (Wildman–Crippen LogP) is 30.1. The van der Waals surface area contributed by atoms with Crippen LogP contribution in [0.25, 0.3) is 56.7 Å². The van der Waals surface area contributed by atoms with E-state index in [1.54, 1.807) is 12.1 Å². The van der Waals surface area contributed by atoms with Gasteiger partial charge in [-0.05, 0) is 291 Å². The summed E-state index contributed by atoms with van der Waals surface area (Å²) in [6.07, 6.45) is 3.67. The molecular weight excluding hydrogens is 1460 g/mol. The fourth-order valence-corrected chi connectivity index (χ4v) is 19.7. The van der Waals surface area contributed by atoms with Crippen LogP contribution in [-0.4, -0.2) is 0 Å². The van der Waals surface area contributed by atoms with Crippen LogP contribution in [0.1, 0.15) is 142 Å². The van der Waals surface area contributed by atoms with Gasteiger partial charge in [-0.15, -0.1) is 0 Å². The molecule has 0 N–H and O–H groups in total. The van der Waals surface area contributed by atoms with Gasteiger partial charge in [0, 0.05) is 34.1 Å². The van der Waals surface area contributed by atoms with Crippen molar-refractivity contribution in [2.45, 2.75) is 82.5 Å². The fraction of sp³-hybridized carbons (Fsp3) is 0.115. The number of ether oxygens (including phenoxy) is 2. The number of halogens is 2. The first kappa shape index (κ1) is 73.9. The van der Waals surface area contributed by atoms with Crippen LogP contribution < -0.4 is 19.3 Å². The third kappa shape index (κ3) is 11.7. The molecule has 0 fully saturated rings. The number of nitrogens with zero attached hydrogens (tertiary/aromatic N) is 2. The van der Waals surface area contributed by atoms with Crippen LogP contribution in [0.4, 0.5) is 42.9 Å². The van der Waals surface area contributed by atoms with E-state index in [0.717, 1.165) is 157 Å². The van der Waals surface area contributed by atoms with Crippen LogP contribution in [-0.2, 0) is 27.1 Å². The molecule has 0 heterocycles. The molecular formula is C113H88F2N2O2. The lowest BCUT2D eigenvalue weighted by molar-refractivity contribution is 0.482. The molecule has 16 aromatic carbocycles. The van der Waals surface area contributed by atoms with Crippen LogP contribution in [0.5, 0.6) is 23.0 Å². The summed E-state index contributed by atoms with van der Waals surface area (Å²) in [5, 5.41) is 0. The molecule has 2 atom stereocenters. The Morgan fingerprint density at radius 2 is 0.496 bits per heavy atom. The number of benzene rings is 16. The van der Waals surface area contributed by atoms with Crippen LogP contribution in [0, 0.1) is 25.5 Å². The second-order valence-electron chi connectivity index (χ2n) is 34.3. The van der Waals surface area contributed by atoms with E-state index in [1.807, 2.05) is 86.7 Å². The van der Waals surface area contributed by atoms with E-state index in [-0.39, 0.29) is 22.5 Å². The van der Waals surface area contributed by atoms with Crippen molar-refractivity contribution >= 4 is 46.3 Å². The molecule has 0 radical (unpaired) electrons. The molecule has 6 heteroatoms. The molecule has 4 aliphatic carbocycles. The Hall–Kier alpha value is -13.9. The second kappa shape index (κ2) is 28.2. The second-order valence-corrected chi connectivity index (χ2v) is 34.3. The molecule has 4 nitrogen and oxygen atoms in total. The Kier molecular flexibility index (Phi) is 17.5. The molecule has 0 aliphatic heterocycles. The minimum absolute atomic E-state index is 0.0977. The highest BCUT2D eigenvalue weighted by Gasteiger charge is 2.54. The zero-order valence-electron chi connectivity index (χ0n) is 68.0. The number of hydrogen-bond donors (Lipinski definition) is 0. The van der Waals surface area contributed by atoms with Gasteiger partial charge < -0.3 is 19.3 Å². The minimum atomic E-state index is -0.907. The largest absolute Gasteiger partial charge is 0.457 e. The molecule has 4 aliphatic rings. The van der Waals surface area contributed by atoms with Gasteiger partial charge in [-0.2, -0.15) is 0 Å². The topological polar surface area (TPSA) is 24.9 Å². The Morgan fingerprint density at radius 3 is 0.773 bits per heavy atom. The summed E-state index contributed by atoms with van der Waals surface area (Å²) in [6.45, 7) is 25.1. The molecule has 119 heavy (non-hydrogen) atoms. The third-order valence-electron chi connectivity index (χ3n) is 25.6. The van der Waals surface area contributed by atoms with E-state index in [1.165, 1.54) is 11.1 Å². The maximum Gasteiger partial charge on any atom is 0.128 e. The van der Waals surface area contributed by atoms with Crippen LogP contribution >= 0.6 is 0 Å². The third-order valence-corrected chi connectivity index (χ3v) is 25.6. The van der Waals surface area contributed by atoms with Gasteiger partial charge in [0.15, 0.2) is 0 Å². The summed E-state index contributed by atoms with van der Waals surface area (Å²) in [5.41, 5.74) is 29.9. The summed E-state index contributed by atoms with van der Waals surface area (Å²) in [7, 11) is 0. The van der Waals surface area contributed by atoms with Crippen molar-refractivity contribution in [3.05, 3.63) is 477 Å². The highest BCUT2D eigenvalue weighted by atomic mass is 19.1. The van der Waals surface area contributed by atoms with E-state index in [2.05, 4.69) is 344 Å². The zero-order valence-corrected chi connectivity index (χ0v) is 68.0. The van der Waals surface area contributed by atoms with Crippen molar-refractivity contribution in [1.82, 2.24) is 0 Å². The summed E-state index contributed by atoms with van der Waals surface area (Å²) in [5.74, 6) is 2.29. The van der Waals surface area contributed by atoms with Crippen molar-refractivity contribution < 1.29 is 18.3 Å². The van der Waals surface area contributed by atoms with E-state index in [4.69, 9.17) is 9.47 Å². The normalized spacial score (nSPS) is 16.2. The van der Waals surface area contributed by atoms with E-state index >= 15 is 8.78 Å². The highest BCUT2D eigenvalue weighted by Crippen LogP contribution is 2.66. The van der Waals surface area contributed by atoms with Crippen molar-refractivity contribution in [3.8, 4) is 67.5 Å². The molecule has 0 saturated heterocycles. The van der Waals surface area contributed by atoms with Gasteiger partial charge >= 0.3 is 0 Å². The average molecular weight is 1540 g/mol. The first-order valence-corrected chi connectivity index (χ1v) is 41.1. The van der Waals surface area contributed by atoms with E-state index < -0.39 is 16.2 Å². The molecule has 0 aromatic heterocycles. The lowest BCUT2D eigenvalue weighted by atomic mass is 9.67. The number of aryl methyl sites for hydroxylation is 2. The van der Waals surface area contributed by atoms with Crippen LogP contribution in [0.15, 0.2) is 365 Å². The zero-order chi connectivity index (χ0) is 81.4. The van der Waals surface area contributed by atoms with Gasteiger partial charge in [-0.1, -0.05) is 297 Å². The number of fused-ring (bicyclic) bond motifs is 16. The molecule has 16 aromatic rings. The Bertz CT molecular complexity index is 6350. The summed E-state index contributed by atoms with van der Waals surface area (Å²) >= 11 is 0. The van der Waals surface area contributed by atoms with Gasteiger partial charge in [0.25, 0.3) is 0 Å². The van der Waals surface area contributed by atoms with Gasteiger partial charge in [0.05, 0.1) is 16.2 Å². The predicted molar refractivity (Wildman–Crippen MR) is 487 cm³/mol.